The fourth-order valence-corrected chi connectivity index (χ4v) is 2.00. The van der Waals surface area contributed by atoms with Crippen LogP contribution in [-0.4, -0.2) is 24.7 Å². The third-order valence-electron chi connectivity index (χ3n) is 2.61. The van der Waals surface area contributed by atoms with Crippen LogP contribution >= 0.6 is 23.2 Å². The molecule has 6 heteroatoms. The molecule has 1 aromatic rings. The van der Waals surface area contributed by atoms with Gasteiger partial charge in [-0.2, -0.15) is 0 Å². The smallest absolute Gasteiger partial charge is 0.312 e. The van der Waals surface area contributed by atoms with Crippen molar-refractivity contribution in [3.05, 3.63) is 27.7 Å². The lowest BCUT2D eigenvalue weighted by molar-refractivity contribution is -0.148. The summed E-state index contributed by atoms with van der Waals surface area (Å²) in [7, 11) is 1.79. The molecule has 0 heterocycles. The zero-order valence-electron chi connectivity index (χ0n) is 11.1. The second kappa shape index (κ2) is 6.46. The summed E-state index contributed by atoms with van der Waals surface area (Å²) >= 11 is 12.0. The molecule has 19 heavy (non-hydrogen) atoms. The lowest BCUT2D eigenvalue weighted by Gasteiger charge is -2.21. The summed E-state index contributed by atoms with van der Waals surface area (Å²) in [4.78, 5) is 11.0. The molecule has 0 aromatic heterocycles. The van der Waals surface area contributed by atoms with Gasteiger partial charge in [0.2, 0.25) is 0 Å². The molecule has 0 saturated heterocycles. The SMILES string of the molecule is CNCc1cc(Cl)cc(Cl)c1OCC(C)(C)C(=O)O. The first kappa shape index (κ1) is 16.1. The van der Waals surface area contributed by atoms with Crippen molar-refractivity contribution in [2.24, 2.45) is 5.41 Å². The number of ether oxygens (including phenoxy) is 1. The minimum Gasteiger partial charge on any atom is -0.491 e. The summed E-state index contributed by atoms with van der Waals surface area (Å²) in [6, 6.07) is 3.32. The number of rotatable bonds is 6. The second-order valence-electron chi connectivity index (χ2n) is 4.88. The summed E-state index contributed by atoms with van der Waals surface area (Å²) in [6.45, 7) is 3.75. The molecule has 0 fully saturated rings. The highest BCUT2D eigenvalue weighted by molar-refractivity contribution is 6.35. The fraction of sp³-hybridized carbons (Fsp3) is 0.462. The number of carboxylic acids is 1. The van der Waals surface area contributed by atoms with Gasteiger partial charge in [0.25, 0.3) is 0 Å². The first-order valence-corrected chi connectivity index (χ1v) is 6.52. The lowest BCUT2D eigenvalue weighted by Crippen LogP contribution is -2.31. The molecule has 1 rings (SSSR count). The highest BCUT2D eigenvalue weighted by atomic mass is 35.5. The quantitative estimate of drug-likeness (QED) is 0.847. The Balaban J connectivity index is 2.97. The standard InChI is InChI=1S/C13H17Cl2NO3/c1-13(2,12(17)18)7-19-11-8(6-16-3)4-9(14)5-10(11)15/h4-5,16H,6-7H2,1-3H3,(H,17,18). The molecule has 0 aliphatic rings. The van der Waals surface area contributed by atoms with E-state index in [0.29, 0.717) is 22.3 Å². The summed E-state index contributed by atoms with van der Waals surface area (Å²) < 4.78 is 5.59. The summed E-state index contributed by atoms with van der Waals surface area (Å²) in [5.41, 5.74) is -0.193. The van der Waals surface area contributed by atoms with Gasteiger partial charge in [0, 0.05) is 17.1 Å². The van der Waals surface area contributed by atoms with Gasteiger partial charge in [0.1, 0.15) is 12.4 Å². The van der Waals surface area contributed by atoms with E-state index >= 15 is 0 Å². The Hall–Kier alpha value is -0.970. The maximum Gasteiger partial charge on any atom is 0.312 e. The fourth-order valence-electron chi connectivity index (χ4n) is 1.41. The Bertz CT molecular complexity index is 475. The van der Waals surface area contributed by atoms with Crippen LogP contribution in [-0.2, 0) is 11.3 Å². The van der Waals surface area contributed by atoms with Crippen LogP contribution in [0.5, 0.6) is 5.75 Å². The van der Waals surface area contributed by atoms with Gasteiger partial charge in [0.15, 0.2) is 0 Å². The average molecular weight is 306 g/mol. The maximum absolute atomic E-state index is 11.0. The first-order valence-electron chi connectivity index (χ1n) is 5.76. The minimum absolute atomic E-state index is 0.0282. The lowest BCUT2D eigenvalue weighted by atomic mass is 9.95. The predicted molar refractivity (Wildman–Crippen MR) is 76.1 cm³/mol. The molecule has 4 nitrogen and oxygen atoms in total. The van der Waals surface area contributed by atoms with E-state index in [9.17, 15) is 4.79 Å². The Morgan fingerprint density at radius 1 is 1.42 bits per heavy atom. The Morgan fingerprint density at radius 3 is 2.58 bits per heavy atom. The first-order chi connectivity index (χ1) is 8.77. The van der Waals surface area contributed by atoms with Gasteiger partial charge < -0.3 is 15.2 Å². The van der Waals surface area contributed by atoms with Crippen LogP contribution in [0.3, 0.4) is 0 Å². The number of halogens is 2. The normalized spacial score (nSPS) is 11.4. The van der Waals surface area contributed by atoms with Crippen LogP contribution in [0.25, 0.3) is 0 Å². The molecule has 2 N–H and O–H groups in total. The topological polar surface area (TPSA) is 58.6 Å². The largest absolute Gasteiger partial charge is 0.491 e. The van der Waals surface area contributed by atoms with Crippen LogP contribution in [0.15, 0.2) is 12.1 Å². The van der Waals surface area contributed by atoms with E-state index in [4.69, 9.17) is 33.0 Å². The molecular formula is C13H17Cl2NO3. The van der Waals surface area contributed by atoms with Gasteiger partial charge in [0.05, 0.1) is 10.4 Å². The van der Waals surface area contributed by atoms with Gasteiger partial charge in [-0.15, -0.1) is 0 Å². The van der Waals surface area contributed by atoms with E-state index in [0.717, 1.165) is 5.56 Å². The Morgan fingerprint density at radius 2 is 2.05 bits per heavy atom. The molecule has 0 amide bonds. The number of carboxylic acid groups (broad SMARTS) is 1. The van der Waals surface area contributed by atoms with E-state index < -0.39 is 11.4 Å². The number of nitrogens with one attached hydrogen (secondary N) is 1. The van der Waals surface area contributed by atoms with E-state index in [-0.39, 0.29) is 6.61 Å². The van der Waals surface area contributed by atoms with Crippen LogP contribution < -0.4 is 10.1 Å². The molecule has 0 radical (unpaired) electrons. The van der Waals surface area contributed by atoms with Gasteiger partial charge >= 0.3 is 5.97 Å². The molecule has 0 bridgehead atoms. The molecule has 0 atom stereocenters. The molecular weight excluding hydrogens is 289 g/mol. The van der Waals surface area contributed by atoms with Crippen LogP contribution in [0.1, 0.15) is 19.4 Å². The van der Waals surface area contributed by atoms with E-state index in [2.05, 4.69) is 5.32 Å². The van der Waals surface area contributed by atoms with Gasteiger partial charge in [-0.25, -0.2) is 0 Å². The van der Waals surface area contributed by atoms with E-state index in [1.807, 2.05) is 0 Å². The van der Waals surface area contributed by atoms with E-state index in [1.54, 1.807) is 33.0 Å². The average Bonchev–Trinajstić information content (AvgIpc) is 2.27. The zero-order valence-corrected chi connectivity index (χ0v) is 12.6. The van der Waals surface area contributed by atoms with Crippen molar-refractivity contribution in [2.45, 2.75) is 20.4 Å². The van der Waals surface area contributed by atoms with Crippen molar-refractivity contribution < 1.29 is 14.6 Å². The predicted octanol–water partition coefficient (Wildman–Crippen LogP) is 3.20. The number of hydrogen-bond acceptors (Lipinski definition) is 3. The molecule has 1 aromatic carbocycles. The van der Waals surface area contributed by atoms with Crippen molar-refractivity contribution in [3.8, 4) is 5.75 Å². The zero-order chi connectivity index (χ0) is 14.6. The monoisotopic (exact) mass is 305 g/mol. The molecule has 0 spiro atoms. The highest BCUT2D eigenvalue weighted by Gasteiger charge is 2.28. The summed E-state index contributed by atoms with van der Waals surface area (Å²) in [5, 5.41) is 12.9. The number of aliphatic carboxylic acids is 1. The van der Waals surface area contributed by atoms with Crippen molar-refractivity contribution in [1.82, 2.24) is 5.32 Å². The molecule has 0 aliphatic heterocycles. The number of benzene rings is 1. The third-order valence-corrected chi connectivity index (χ3v) is 3.11. The van der Waals surface area contributed by atoms with E-state index in [1.165, 1.54) is 0 Å². The molecule has 0 aliphatic carbocycles. The van der Waals surface area contributed by atoms with Crippen LogP contribution in [0.2, 0.25) is 10.0 Å². The summed E-state index contributed by atoms with van der Waals surface area (Å²) in [5.74, 6) is -0.456. The van der Waals surface area contributed by atoms with Gasteiger partial charge in [-0.3, -0.25) is 4.79 Å². The second-order valence-corrected chi connectivity index (χ2v) is 5.73. The van der Waals surface area contributed by atoms with Crippen molar-refractivity contribution in [3.63, 3.8) is 0 Å². The number of hydrogen-bond donors (Lipinski definition) is 2. The van der Waals surface area contributed by atoms with Crippen molar-refractivity contribution in [2.75, 3.05) is 13.7 Å². The van der Waals surface area contributed by atoms with Gasteiger partial charge in [-0.1, -0.05) is 23.2 Å². The molecule has 0 unspecified atom stereocenters. The van der Waals surface area contributed by atoms with Crippen molar-refractivity contribution >= 4 is 29.2 Å². The van der Waals surface area contributed by atoms with Crippen LogP contribution in [0.4, 0.5) is 0 Å². The Labute approximate surface area is 122 Å². The number of carbonyl (C=O) groups is 1. The Kier molecular flexibility index (Phi) is 5.47. The third kappa shape index (κ3) is 4.27. The summed E-state index contributed by atoms with van der Waals surface area (Å²) in [6.07, 6.45) is 0. The minimum atomic E-state index is -0.986. The maximum atomic E-state index is 11.0. The van der Waals surface area contributed by atoms with Gasteiger partial charge in [-0.05, 0) is 33.0 Å². The molecule has 106 valence electrons. The molecule has 0 saturated carbocycles. The van der Waals surface area contributed by atoms with Crippen molar-refractivity contribution in [1.29, 1.82) is 0 Å². The highest BCUT2D eigenvalue weighted by Crippen LogP contribution is 2.33. The van der Waals surface area contributed by atoms with Crippen LogP contribution in [0, 0.1) is 5.41 Å².